The Labute approximate surface area is 227 Å². The summed E-state index contributed by atoms with van der Waals surface area (Å²) in [6, 6.07) is 16.5. The van der Waals surface area contributed by atoms with E-state index in [1.807, 2.05) is 24.3 Å². The van der Waals surface area contributed by atoms with Gasteiger partial charge in [0.05, 0.1) is 22.7 Å². The number of halogens is 4. The summed E-state index contributed by atoms with van der Waals surface area (Å²) in [5.74, 6) is 0.0804. The Morgan fingerprint density at radius 3 is 2.50 bits per heavy atom. The standard InChI is InChI=1S/C25H19BrF3N5O3S/c1-15-20(6-3-7-21(15)34(36)37)23(35)30-13-22-31-32-24(38-14-16-8-10-18(26)11-9-16)33(22)19-5-2-4-17(12-19)25(27,28)29/h2-12H,13-14H2,1H3,(H,30,35). The maximum Gasteiger partial charge on any atom is 0.416 e. The lowest BCUT2D eigenvalue weighted by Crippen LogP contribution is -2.25. The van der Waals surface area contributed by atoms with E-state index in [1.54, 1.807) is 0 Å². The van der Waals surface area contributed by atoms with Crippen molar-refractivity contribution >= 4 is 39.3 Å². The average molecular weight is 606 g/mol. The Bertz CT molecular complexity index is 1490. The minimum atomic E-state index is -4.55. The van der Waals surface area contributed by atoms with Crippen molar-refractivity contribution in [2.24, 2.45) is 0 Å². The Kier molecular flexibility index (Phi) is 8.17. The third kappa shape index (κ3) is 6.22. The summed E-state index contributed by atoms with van der Waals surface area (Å²) in [5, 5.41) is 22.5. The molecule has 0 fully saturated rings. The zero-order valence-corrected chi connectivity index (χ0v) is 22.1. The molecule has 4 aromatic rings. The number of amides is 1. The smallest absolute Gasteiger partial charge is 0.345 e. The predicted octanol–water partition coefficient (Wildman–Crippen LogP) is 6.49. The van der Waals surface area contributed by atoms with Gasteiger partial charge in [-0.05, 0) is 48.9 Å². The molecule has 0 aliphatic heterocycles. The van der Waals surface area contributed by atoms with Gasteiger partial charge < -0.3 is 5.32 Å². The molecule has 0 aliphatic carbocycles. The van der Waals surface area contributed by atoms with Gasteiger partial charge in [-0.1, -0.05) is 52.0 Å². The van der Waals surface area contributed by atoms with Gasteiger partial charge in [0.1, 0.15) is 0 Å². The molecular weight excluding hydrogens is 587 g/mol. The van der Waals surface area contributed by atoms with Crippen LogP contribution >= 0.6 is 27.7 Å². The molecule has 0 unspecified atom stereocenters. The van der Waals surface area contributed by atoms with E-state index in [2.05, 4.69) is 31.4 Å². The molecule has 0 spiro atoms. The summed E-state index contributed by atoms with van der Waals surface area (Å²) in [6.45, 7) is 1.29. The molecule has 4 rings (SSSR count). The SMILES string of the molecule is Cc1c(C(=O)NCc2nnc(SCc3ccc(Br)cc3)n2-c2cccc(C(F)(F)F)c2)cccc1[N+](=O)[O-]. The van der Waals surface area contributed by atoms with E-state index in [4.69, 9.17) is 0 Å². The highest BCUT2D eigenvalue weighted by molar-refractivity contribution is 9.10. The molecule has 1 N–H and O–H groups in total. The molecule has 0 saturated carbocycles. The highest BCUT2D eigenvalue weighted by atomic mass is 79.9. The normalized spacial score (nSPS) is 11.4. The van der Waals surface area contributed by atoms with Crippen molar-refractivity contribution in [2.75, 3.05) is 0 Å². The van der Waals surface area contributed by atoms with Crippen LogP contribution in [0, 0.1) is 17.0 Å². The van der Waals surface area contributed by atoms with E-state index in [0.29, 0.717) is 10.9 Å². The van der Waals surface area contributed by atoms with Crippen molar-refractivity contribution < 1.29 is 22.9 Å². The van der Waals surface area contributed by atoms with Gasteiger partial charge in [0.2, 0.25) is 0 Å². The number of nitro benzene ring substituents is 1. The Morgan fingerprint density at radius 2 is 1.82 bits per heavy atom. The van der Waals surface area contributed by atoms with Gasteiger partial charge in [-0.25, -0.2) is 0 Å². The monoisotopic (exact) mass is 605 g/mol. The van der Waals surface area contributed by atoms with Crippen molar-refractivity contribution in [3.05, 3.63) is 109 Å². The number of nitro groups is 1. The van der Waals surface area contributed by atoms with E-state index >= 15 is 0 Å². The van der Waals surface area contributed by atoms with Crippen molar-refractivity contribution in [2.45, 2.75) is 30.6 Å². The van der Waals surface area contributed by atoms with Gasteiger partial charge >= 0.3 is 6.18 Å². The molecule has 0 radical (unpaired) electrons. The molecule has 38 heavy (non-hydrogen) atoms. The number of thioether (sulfide) groups is 1. The number of hydrogen-bond donors (Lipinski definition) is 1. The number of carbonyl (C=O) groups is 1. The van der Waals surface area contributed by atoms with Crippen LogP contribution in [0.5, 0.6) is 0 Å². The van der Waals surface area contributed by atoms with Gasteiger partial charge in [0.25, 0.3) is 11.6 Å². The second kappa shape index (κ2) is 11.4. The maximum atomic E-state index is 13.4. The molecule has 8 nitrogen and oxygen atoms in total. The number of aromatic nitrogens is 3. The third-order valence-corrected chi connectivity index (χ3v) is 7.10. The molecule has 0 bridgehead atoms. The summed E-state index contributed by atoms with van der Waals surface area (Å²) in [6.07, 6.45) is -4.55. The van der Waals surface area contributed by atoms with Gasteiger partial charge in [0, 0.05) is 27.4 Å². The van der Waals surface area contributed by atoms with Crippen molar-refractivity contribution in [1.82, 2.24) is 20.1 Å². The van der Waals surface area contributed by atoms with Crippen LogP contribution in [0.1, 0.15) is 32.9 Å². The number of benzene rings is 3. The Hall–Kier alpha value is -3.71. The second-order valence-electron chi connectivity index (χ2n) is 8.09. The summed E-state index contributed by atoms with van der Waals surface area (Å²) >= 11 is 4.66. The molecule has 1 heterocycles. The number of nitrogens with one attached hydrogen (secondary N) is 1. The first-order chi connectivity index (χ1) is 18.0. The zero-order valence-electron chi connectivity index (χ0n) is 19.7. The lowest BCUT2D eigenvalue weighted by Gasteiger charge is -2.14. The largest absolute Gasteiger partial charge is 0.416 e. The first kappa shape index (κ1) is 27.3. The van der Waals surface area contributed by atoms with Crippen molar-refractivity contribution in [3.63, 3.8) is 0 Å². The van der Waals surface area contributed by atoms with E-state index in [9.17, 15) is 28.1 Å². The average Bonchev–Trinajstić information content (AvgIpc) is 3.29. The van der Waals surface area contributed by atoms with Crippen LogP contribution in [0.25, 0.3) is 5.69 Å². The lowest BCUT2D eigenvalue weighted by molar-refractivity contribution is -0.385. The van der Waals surface area contributed by atoms with E-state index in [1.165, 1.54) is 53.6 Å². The lowest BCUT2D eigenvalue weighted by atomic mass is 10.1. The molecule has 0 atom stereocenters. The number of nitrogens with zero attached hydrogens (tertiary/aromatic N) is 4. The van der Waals surface area contributed by atoms with Crippen LogP contribution in [0.3, 0.4) is 0 Å². The minimum Gasteiger partial charge on any atom is -0.345 e. The highest BCUT2D eigenvalue weighted by Crippen LogP contribution is 2.32. The number of rotatable bonds is 8. The summed E-state index contributed by atoms with van der Waals surface area (Å²) in [5.41, 5.74) is 0.409. The van der Waals surface area contributed by atoms with E-state index in [0.717, 1.165) is 22.2 Å². The molecular formula is C25H19BrF3N5O3S. The Balaban J connectivity index is 1.64. The third-order valence-electron chi connectivity index (χ3n) is 5.57. The van der Waals surface area contributed by atoms with Crippen LogP contribution < -0.4 is 5.32 Å². The highest BCUT2D eigenvalue weighted by Gasteiger charge is 2.31. The van der Waals surface area contributed by atoms with E-state index in [-0.39, 0.29) is 34.9 Å². The molecule has 0 aliphatic rings. The van der Waals surface area contributed by atoms with E-state index < -0.39 is 22.6 Å². The predicted molar refractivity (Wildman–Crippen MR) is 139 cm³/mol. The molecule has 1 aromatic heterocycles. The summed E-state index contributed by atoms with van der Waals surface area (Å²) in [4.78, 5) is 23.5. The molecule has 3 aromatic carbocycles. The van der Waals surface area contributed by atoms with Crippen molar-refractivity contribution in [3.8, 4) is 5.69 Å². The van der Waals surface area contributed by atoms with Crippen LogP contribution in [0.15, 0.2) is 76.4 Å². The molecule has 196 valence electrons. The zero-order chi connectivity index (χ0) is 27.4. The first-order valence-corrected chi connectivity index (χ1v) is 12.8. The van der Waals surface area contributed by atoms with Gasteiger partial charge in [-0.2, -0.15) is 13.2 Å². The quantitative estimate of drug-likeness (QED) is 0.140. The fourth-order valence-electron chi connectivity index (χ4n) is 3.64. The van der Waals surface area contributed by atoms with Crippen LogP contribution in [0.2, 0.25) is 0 Å². The van der Waals surface area contributed by atoms with Crippen LogP contribution in [0.4, 0.5) is 18.9 Å². The fourth-order valence-corrected chi connectivity index (χ4v) is 4.83. The summed E-state index contributed by atoms with van der Waals surface area (Å²) in [7, 11) is 0. The summed E-state index contributed by atoms with van der Waals surface area (Å²) < 4.78 is 42.7. The minimum absolute atomic E-state index is 0.106. The molecule has 0 saturated heterocycles. The fraction of sp³-hybridized carbons (Fsp3) is 0.160. The first-order valence-electron chi connectivity index (χ1n) is 11.1. The van der Waals surface area contributed by atoms with Gasteiger partial charge in [-0.3, -0.25) is 19.5 Å². The molecule has 13 heteroatoms. The number of alkyl halides is 3. The van der Waals surface area contributed by atoms with Gasteiger partial charge in [0.15, 0.2) is 11.0 Å². The second-order valence-corrected chi connectivity index (χ2v) is 9.95. The van der Waals surface area contributed by atoms with Crippen LogP contribution in [-0.2, 0) is 18.5 Å². The molecule has 1 amide bonds. The number of hydrogen-bond acceptors (Lipinski definition) is 6. The maximum absolute atomic E-state index is 13.4. The van der Waals surface area contributed by atoms with Crippen molar-refractivity contribution in [1.29, 1.82) is 0 Å². The van der Waals surface area contributed by atoms with Crippen LogP contribution in [-0.4, -0.2) is 25.6 Å². The Morgan fingerprint density at radius 1 is 1.11 bits per heavy atom. The van der Waals surface area contributed by atoms with Gasteiger partial charge in [-0.15, -0.1) is 10.2 Å². The topological polar surface area (TPSA) is 103 Å². The number of carbonyl (C=O) groups excluding carboxylic acids is 1.